The maximum Gasteiger partial charge on any atom is 0.336 e. The summed E-state index contributed by atoms with van der Waals surface area (Å²) in [5, 5.41) is 22.9. The number of aromatic carboxylic acids is 1. The van der Waals surface area contributed by atoms with Gasteiger partial charge in [0.2, 0.25) is 0 Å². The van der Waals surface area contributed by atoms with Gasteiger partial charge in [0.1, 0.15) is 0 Å². The summed E-state index contributed by atoms with van der Waals surface area (Å²) >= 11 is 7.25. The molecule has 0 radical (unpaired) electrons. The van der Waals surface area contributed by atoms with Crippen LogP contribution in [-0.4, -0.2) is 43.7 Å². The molecule has 8 nitrogen and oxygen atoms in total. The lowest BCUT2D eigenvalue weighted by atomic mass is 10.1. The molecule has 0 spiro atoms. The van der Waals surface area contributed by atoms with Crippen molar-refractivity contribution in [3.8, 4) is 17.1 Å². The van der Waals surface area contributed by atoms with E-state index in [-0.39, 0.29) is 17.2 Å². The van der Waals surface area contributed by atoms with Crippen LogP contribution in [0.25, 0.3) is 17.1 Å². The number of thioether (sulfide) groups is 1. The molecule has 10 heteroatoms. The summed E-state index contributed by atoms with van der Waals surface area (Å²) < 4.78 is 1.86. The zero-order chi connectivity index (χ0) is 23.9. The second kappa shape index (κ2) is 10.8. The number of rotatable bonds is 8. The molecule has 0 saturated carbocycles. The smallest absolute Gasteiger partial charge is 0.336 e. The topological polar surface area (TPSA) is 109 Å². The van der Waals surface area contributed by atoms with Crippen LogP contribution in [-0.2, 0) is 4.79 Å². The molecule has 3 aromatic carbocycles. The van der Waals surface area contributed by atoms with E-state index in [1.54, 1.807) is 30.3 Å². The van der Waals surface area contributed by atoms with Gasteiger partial charge in [0, 0.05) is 21.8 Å². The number of carboxylic acids is 1. The van der Waals surface area contributed by atoms with Crippen LogP contribution in [0.4, 0.5) is 0 Å². The van der Waals surface area contributed by atoms with Crippen LogP contribution in [0.15, 0.2) is 89.1 Å². The van der Waals surface area contributed by atoms with Gasteiger partial charge in [-0.2, -0.15) is 5.10 Å². The molecular weight excluding hydrogens is 474 g/mol. The Bertz CT molecular complexity index is 1340. The molecule has 0 aliphatic rings. The van der Waals surface area contributed by atoms with Crippen LogP contribution in [0.5, 0.6) is 0 Å². The zero-order valence-corrected chi connectivity index (χ0v) is 19.2. The summed E-state index contributed by atoms with van der Waals surface area (Å²) in [4.78, 5) is 23.6. The van der Waals surface area contributed by atoms with Crippen molar-refractivity contribution in [3.05, 3.63) is 95.0 Å². The van der Waals surface area contributed by atoms with Crippen LogP contribution in [0.1, 0.15) is 15.9 Å². The van der Waals surface area contributed by atoms with Crippen LogP contribution in [0, 0.1) is 0 Å². The van der Waals surface area contributed by atoms with Crippen molar-refractivity contribution in [2.75, 3.05) is 5.75 Å². The number of halogens is 1. The molecule has 0 bridgehead atoms. The number of carbonyl (C=O) groups excluding carboxylic acids is 1. The van der Waals surface area contributed by atoms with E-state index in [0.29, 0.717) is 21.6 Å². The van der Waals surface area contributed by atoms with Crippen LogP contribution in [0.3, 0.4) is 0 Å². The standard InChI is InChI=1S/C24H18ClN5O3S/c25-18-10-12-19(13-11-18)30-22(16-6-2-1-3-7-16)28-29-24(30)34-15-21(31)27-26-14-17-8-4-5-9-20(17)23(32)33/h1-14H,15H2,(H,27,31)(H,32,33)/b26-14-. The van der Waals surface area contributed by atoms with E-state index in [2.05, 4.69) is 20.7 Å². The van der Waals surface area contributed by atoms with Crippen molar-refractivity contribution in [2.24, 2.45) is 5.10 Å². The number of hydrogen-bond donors (Lipinski definition) is 2. The number of hydrazone groups is 1. The van der Waals surface area contributed by atoms with Crippen molar-refractivity contribution < 1.29 is 14.7 Å². The Labute approximate surface area is 204 Å². The second-order valence-electron chi connectivity index (χ2n) is 6.96. The molecule has 34 heavy (non-hydrogen) atoms. The Morgan fingerprint density at radius 2 is 1.71 bits per heavy atom. The maximum atomic E-state index is 12.4. The minimum atomic E-state index is -1.07. The fourth-order valence-corrected chi connectivity index (χ4v) is 3.97. The first-order valence-corrected chi connectivity index (χ1v) is 11.4. The summed E-state index contributed by atoms with van der Waals surface area (Å²) in [6.45, 7) is 0. The second-order valence-corrected chi connectivity index (χ2v) is 8.34. The molecule has 2 N–H and O–H groups in total. The van der Waals surface area contributed by atoms with Crippen LogP contribution >= 0.6 is 23.4 Å². The van der Waals surface area contributed by atoms with Gasteiger partial charge in [0.05, 0.1) is 17.5 Å². The third kappa shape index (κ3) is 5.51. The zero-order valence-electron chi connectivity index (χ0n) is 17.6. The number of nitrogens with one attached hydrogen (secondary N) is 1. The summed E-state index contributed by atoms with van der Waals surface area (Å²) in [6.07, 6.45) is 1.30. The molecular formula is C24H18ClN5O3S. The van der Waals surface area contributed by atoms with Crippen molar-refractivity contribution in [1.82, 2.24) is 20.2 Å². The first-order chi connectivity index (χ1) is 16.5. The normalized spacial score (nSPS) is 11.0. The lowest BCUT2D eigenvalue weighted by molar-refractivity contribution is -0.118. The Morgan fingerprint density at radius 1 is 1.00 bits per heavy atom. The Morgan fingerprint density at radius 3 is 2.44 bits per heavy atom. The predicted molar refractivity (Wildman–Crippen MR) is 132 cm³/mol. The van der Waals surface area contributed by atoms with Crippen LogP contribution in [0.2, 0.25) is 5.02 Å². The minimum absolute atomic E-state index is 0.0262. The van der Waals surface area contributed by atoms with Crippen molar-refractivity contribution in [3.63, 3.8) is 0 Å². The van der Waals surface area contributed by atoms with Gasteiger partial charge >= 0.3 is 5.97 Å². The molecule has 4 aromatic rings. The summed E-state index contributed by atoms with van der Waals surface area (Å²) in [5.74, 6) is -0.784. The van der Waals surface area contributed by atoms with E-state index >= 15 is 0 Å². The molecule has 1 amide bonds. The van der Waals surface area contributed by atoms with Crippen molar-refractivity contribution in [2.45, 2.75) is 5.16 Å². The van der Waals surface area contributed by atoms with E-state index in [9.17, 15) is 14.7 Å². The number of nitrogens with zero attached hydrogens (tertiary/aromatic N) is 4. The van der Waals surface area contributed by atoms with Gasteiger partial charge in [0.25, 0.3) is 5.91 Å². The Balaban J connectivity index is 1.50. The molecule has 1 heterocycles. The molecule has 0 fully saturated rings. The van der Waals surface area contributed by atoms with Crippen molar-refractivity contribution in [1.29, 1.82) is 0 Å². The van der Waals surface area contributed by atoms with Gasteiger partial charge < -0.3 is 5.11 Å². The van der Waals surface area contributed by atoms with E-state index in [1.807, 2.05) is 47.0 Å². The van der Waals surface area contributed by atoms with Gasteiger partial charge in [-0.25, -0.2) is 10.2 Å². The summed E-state index contributed by atoms with van der Waals surface area (Å²) in [7, 11) is 0. The fraction of sp³-hybridized carbons (Fsp3) is 0.0417. The molecule has 170 valence electrons. The monoisotopic (exact) mass is 491 g/mol. The van der Waals surface area contributed by atoms with Gasteiger partial charge in [-0.3, -0.25) is 9.36 Å². The third-order valence-corrected chi connectivity index (χ3v) is 5.85. The highest BCUT2D eigenvalue weighted by atomic mass is 35.5. The highest BCUT2D eigenvalue weighted by Crippen LogP contribution is 2.28. The molecule has 0 saturated heterocycles. The summed E-state index contributed by atoms with van der Waals surface area (Å²) in [6, 6.07) is 23.3. The van der Waals surface area contributed by atoms with E-state index in [1.165, 1.54) is 24.0 Å². The number of carbonyl (C=O) groups is 2. The summed E-state index contributed by atoms with van der Waals surface area (Å²) in [5.41, 5.74) is 4.58. The van der Waals surface area contributed by atoms with Gasteiger partial charge in [-0.15, -0.1) is 10.2 Å². The van der Waals surface area contributed by atoms with Gasteiger partial charge in [0.15, 0.2) is 11.0 Å². The largest absolute Gasteiger partial charge is 0.478 e. The van der Waals surface area contributed by atoms with Gasteiger partial charge in [-0.1, -0.05) is 71.9 Å². The minimum Gasteiger partial charge on any atom is -0.478 e. The number of amides is 1. The molecule has 0 aliphatic heterocycles. The highest BCUT2D eigenvalue weighted by Gasteiger charge is 2.17. The molecule has 0 unspecified atom stereocenters. The van der Waals surface area contributed by atoms with E-state index in [0.717, 1.165) is 11.3 Å². The van der Waals surface area contributed by atoms with E-state index < -0.39 is 5.97 Å². The number of aromatic nitrogens is 3. The Hall–Kier alpha value is -3.95. The number of hydrogen-bond acceptors (Lipinski definition) is 6. The van der Waals surface area contributed by atoms with E-state index in [4.69, 9.17) is 11.6 Å². The lowest BCUT2D eigenvalue weighted by Gasteiger charge is -2.10. The van der Waals surface area contributed by atoms with Crippen LogP contribution < -0.4 is 5.43 Å². The first-order valence-electron chi connectivity index (χ1n) is 10.1. The Kier molecular flexibility index (Phi) is 7.36. The number of benzene rings is 3. The van der Waals surface area contributed by atoms with Gasteiger partial charge in [-0.05, 0) is 30.3 Å². The van der Waals surface area contributed by atoms with Crippen molar-refractivity contribution >= 4 is 41.5 Å². The SMILES string of the molecule is O=C(CSc1nnc(-c2ccccc2)n1-c1ccc(Cl)cc1)N/N=C\c1ccccc1C(=O)O. The maximum absolute atomic E-state index is 12.4. The molecule has 0 atom stereocenters. The predicted octanol–water partition coefficient (Wildman–Crippen LogP) is 4.53. The average molecular weight is 492 g/mol. The quantitative estimate of drug-likeness (QED) is 0.213. The first kappa shape index (κ1) is 23.2. The molecule has 0 aliphatic carbocycles. The molecule has 1 aromatic heterocycles. The molecule has 4 rings (SSSR count). The lowest BCUT2D eigenvalue weighted by Crippen LogP contribution is -2.20. The average Bonchev–Trinajstić information content (AvgIpc) is 3.28. The third-order valence-electron chi connectivity index (χ3n) is 4.67. The highest BCUT2D eigenvalue weighted by molar-refractivity contribution is 7.99. The fourth-order valence-electron chi connectivity index (χ4n) is 3.10. The number of carboxylic acid groups (broad SMARTS) is 1.